The Morgan fingerprint density at radius 3 is 2.17 bits per heavy atom. The van der Waals surface area contributed by atoms with Crippen LogP contribution in [-0.2, 0) is 9.59 Å². The third kappa shape index (κ3) is 2.44. The first kappa shape index (κ1) is 14.4. The van der Waals surface area contributed by atoms with Crippen molar-refractivity contribution in [2.45, 2.75) is 17.7 Å². The van der Waals surface area contributed by atoms with Crippen molar-refractivity contribution in [1.29, 1.82) is 0 Å². The number of hydrogen-bond donors (Lipinski definition) is 2. The summed E-state index contributed by atoms with van der Waals surface area (Å²) in [4.78, 5) is 35.0. The predicted octanol–water partition coefficient (Wildman–Crippen LogP) is -0.796. The van der Waals surface area contributed by atoms with Gasteiger partial charge in [0.15, 0.2) is 16.3 Å². The number of hydrogen-bond acceptors (Lipinski definition) is 6. The van der Waals surface area contributed by atoms with E-state index in [4.69, 9.17) is 5.73 Å². The number of carbonyl (C=O) groups is 3. The van der Waals surface area contributed by atoms with Gasteiger partial charge in [-0.15, -0.1) is 0 Å². The van der Waals surface area contributed by atoms with Crippen molar-refractivity contribution >= 4 is 30.2 Å². The summed E-state index contributed by atoms with van der Waals surface area (Å²) in [7, 11) is 0. The van der Waals surface area contributed by atoms with Crippen LogP contribution < -0.4 is 10.8 Å². The van der Waals surface area contributed by atoms with Gasteiger partial charge in [-0.3, -0.25) is 9.59 Å². The van der Waals surface area contributed by atoms with Gasteiger partial charge in [0, 0.05) is 5.56 Å². The first-order valence-electron chi connectivity index (χ1n) is 5.15. The minimum atomic E-state index is -2.56. The van der Waals surface area contributed by atoms with Gasteiger partial charge < -0.3 is 15.6 Å². The Morgan fingerprint density at radius 1 is 1.28 bits per heavy atom. The summed E-state index contributed by atoms with van der Waals surface area (Å²) in [5.74, 6) is -3.82. The molecule has 0 amide bonds. The highest BCUT2D eigenvalue weighted by Gasteiger charge is 2.45. The number of carboxylic acids is 1. The lowest BCUT2D eigenvalue weighted by molar-refractivity contribution is -0.306. The second-order valence-electron chi connectivity index (χ2n) is 3.85. The van der Waals surface area contributed by atoms with Gasteiger partial charge in [0.25, 0.3) is 0 Å². The smallest absolute Gasteiger partial charge is 0.191 e. The maximum Gasteiger partial charge on any atom is 0.191 e. The van der Waals surface area contributed by atoms with Gasteiger partial charge in [0.1, 0.15) is 0 Å². The van der Waals surface area contributed by atoms with E-state index < -0.39 is 28.3 Å². The van der Waals surface area contributed by atoms with Gasteiger partial charge in [0.05, 0.1) is 12.0 Å². The van der Waals surface area contributed by atoms with Gasteiger partial charge in [-0.1, -0.05) is 30.3 Å². The van der Waals surface area contributed by atoms with Crippen LogP contribution in [0.25, 0.3) is 0 Å². The quantitative estimate of drug-likeness (QED) is 0.413. The predicted molar refractivity (Wildman–Crippen MR) is 66.2 cm³/mol. The number of aliphatic carboxylic acids is 1. The fraction of sp³-hybridized carbons (Fsp3) is 0.250. The van der Waals surface area contributed by atoms with Crippen molar-refractivity contribution in [3.63, 3.8) is 0 Å². The Morgan fingerprint density at radius 2 is 1.78 bits per heavy atom. The van der Waals surface area contributed by atoms with Crippen molar-refractivity contribution < 1.29 is 19.5 Å². The summed E-state index contributed by atoms with van der Waals surface area (Å²) in [6.07, 6.45) is 0. The number of ketones is 2. The molecule has 0 saturated heterocycles. The van der Waals surface area contributed by atoms with E-state index in [0.717, 1.165) is 0 Å². The van der Waals surface area contributed by atoms with Crippen LogP contribution >= 0.6 is 12.6 Å². The molecule has 6 heteroatoms. The normalized spacial score (nSPS) is 15.5. The Balaban J connectivity index is 3.26. The van der Waals surface area contributed by atoms with Crippen molar-refractivity contribution in [1.82, 2.24) is 0 Å². The van der Waals surface area contributed by atoms with Crippen molar-refractivity contribution in [2.75, 3.05) is 0 Å². The van der Waals surface area contributed by atoms with E-state index in [9.17, 15) is 19.5 Å². The summed E-state index contributed by atoms with van der Waals surface area (Å²) in [5, 5.41) is 11.1. The molecule has 0 aliphatic heterocycles. The summed E-state index contributed by atoms with van der Waals surface area (Å²) in [5.41, 5.74) is 5.39. The second-order valence-corrected chi connectivity index (χ2v) is 4.52. The molecule has 0 heterocycles. The maximum atomic E-state index is 12.1. The molecular weight excluding hydrogens is 254 g/mol. The first-order valence-corrected chi connectivity index (χ1v) is 5.60. The number of rotatable bonds is 5. The van der Waals surface area contributed by atoms with E-state index in [1.165, 1.54) is 19.1 Å². The lowest BCUT2D eigenvalue weighted by atomic mass is 9.89. The van der Waals surface area contributed by atoms with Crippen LogP contribution in [0.15, 0.2) is 30.3 Å². The molecule has 18 heavy (non-hydrogen) atoms. The van der Waals surface area contributed by atoms with Gasteiger partial charge in [-0.25, -0.2) is 0 Å². The highest BCUT2D eigenvalue weighted by Crippen LogP contribution is 2.23. The van der Waals surface area contributed by atoms with E-state index in [1.807, 2.05) is 0 Å². The summed E-state index contributed by atoms with van der Waals surface area (Å²) in [6.45, 7) is 1.29. The van der Waals surface area contributed by atoms with Crippen LogP contribution in [0.4, 0.5) is 0 Å². The number of benzene rings is 1. The highest BCUT2D eigenvalue weighted by atomic mass is 32.1. The maximum absolute atomic E-state index is 12.1. The van der Waals surface area contributed by atoms with E-state index in [2.05, 4.69) is 12.6 Å². The molecule has 0 aromatic heterocycles. The summed E-state index contributed by atoms with van der Waals surface area (Å²) in [6, 6.07) is 6.41. The minimum Gasteiger partial charge on any atom is -0.548 e. The molecule has 5 nitrogen and oxygen atoms in total. The molecule has 2 N–H and O–H groups in total. The Kier molecular flexibility index (Phi) is 4.26. The third-order valence-corrected chi connectivity index (χ3v) is 3.04. The fourth-order valence-corrected chi connectivity index (χ4v) is 1.77. The molecule has 1 unspecified atom stereocenters. The third-order valence-electron chi connectivity index (χ3n) is 2.43. The van der Waals surface area contributed by atoms with Crippen molar-refractivity contribution in [3.05, 3.63) is 35.9 Å². The Hall–Kier alpha value is -1.66. The van der Waals surface area contributed by atoms with Crippen LogP contribution in [0.1, 0.15) is 17.3 Å². The second kappa shape index (κ2) is 5.32. The van der Waals surface area contributed by atoms with Crippen LogP contribution in [0, 0.1) is 0 Å². The molecule has 0 aliphatic carbocycles. The van der Waals surface area contributed by atoms with Gasteiger partial charge in [-0.2, -0.15) is 12.6 Å². The molecule has 0 radical (unpaired) electrons. The zero-order chi connectivity index (χ0) is 13.9. The number of Topliss-reactive ketones (excluding diaryl/α,β-unsaturated/α-hetero) is 2. The van der Waals surface area contributed by atoms with E-state index in [-0.39, 0.29) is 5.56 Å². The van der Waals surface area contributed by atoms with Gasteiger partial charge in [0.2, 0.25) is 0 Å². The molecule has 1 rings (SSSR count). The number of nitrogens with two attached hydrogens (primary N) is 1. The average Bonchev–Trinajstić information content (AvgIpc) is 2.36. The molecule has 96 valence electrons. The van der Waals surface area contributed by atoms with Crippen LogP contribution in [0.5, 0.6) is 0 Å². The fourth-order valence-electron chi connectivity index (χ4n) is 1.43. The molecule has 0 saturated carbocycles. The minimum absolute atomic E-state index is 0.0608. The average molecular weight is 266 g/mol. The van der Waals surface area contributed by atoms with Crippen molar-refractivity contribution in [3.8, 4) is 0 Å². The number of thiol groups is 1. The Bertz CT molecular complexity index is 486. The lowest BCUT2D eigenvalue weighted by Gasteiger charge is -2.28. The van der Waals surface area contributed by atoms with Gasteiger partial charge in [-0.05, 0) is 6.92 Å². The summed E-state index contributed by atoms with van der Waals surface area (Å²) >= 11 is 3.71. The lowest BCUT2D eigenvalue weighted by Crippen LogP contribution is -2.59. The largest absolute Gasteiger partial charge is 0.548 e. The Labute approximate surface area is 109 Å². The monoisotopic (exact) mass is 266 g/mol. The molecule has 0 aliphatic rings. The molecular formula is C12H12NO4S-. The van der Waals surface area contributed by atoms with Crippen LogP contribution in [-0.4, -0.2) is 28.3 Å². The molecule has 1 aromatic carbocycles. The summed E-state index contributed by atoms with van der Waals surface area (Å²) < 4.78 is -2.56. The first-order chi connectivity index (χ1) is 8.31. The van der Waals surface area contributed by atoms with E-state index in [1.54, 1.807) is 18.2 Å². The molecule has 2 atom stereocenters. The molecule has 0 spiro atoms. The molecule has 1 aromatic rings. The zero-order valence-corrected chi connectivity index (χ0v) is 10.5. The zero-order valence-electron chi connectivity index (χ0n) is 9.62. The number of carbonyl (C=O) groups excluding carboxylic acids is 3. The number of carboxylic acid groups (broad SMARTS) is 1. The molecule has 0 bridgehead atoms. The van der Waals surface area contributed by atoms with E-state index in [0.29, 0.717) is 0 Å². The highest BCUT2D eigenvalue weighted by molar-refractivity contribution is 7.85. The van der Waals surface area contributed by atoms with E-state index >= 15 is 0 Å². The van der Waals surface area contributed by atoms with Gasteiger partial charge >= 0.3 is 0 Å². The van der Waals surface area contributed by atoms with Crippen molar-refractivity contribution in [2.24, 2.45) is 5.73 Å². The standard InChI is InChI=1S/C12H13NO4S/c1-7(13)9(14)12(18,11(16)17)10(15)8-5-3-2-4-6-8/h2-7,18H,13H2,1H3,(H,16,17)/p-1/t7-,12?/m0/s1. The van der Waals surface area contributed by atoms with Crippen LogP contribution in [0.3, 0.4) is 0 Å². The SMILES string of the molecule is C[C@H](N)C(=O)C(S)(C(=O)[O-])C(=O)c1ccccc1. The molecule has 0 fully saturated rings. The van der Waals surface area contributed by atoms with Crippen LogP contribution in [0.2, 0.25) is 0 Å². The topological polar surface area (TPSA) is 100 Å².